The van der Waals surface area contributed by atoms with Gasteiger partial charge in [0.1, 0.15) is 11.5 Å². The number of rotatable bonds is 4. The van der Waals surface area contributed by atoms with Gasteiger partial charge in [0.25, 0.3) is 0 Å². The lowest BCUT2D eigenvalue weighted by Crippen LogP contribution is -2.35. The van der Waals surface area contributed by atoms with Crippen molar-refractivity contribution in [3.63, 3.8) is 0 Å². The third-order valence-electron chi connectivity index (χ3n) is 3.14. The summed E-state index contributed by atoms with van der Waals surface area (Å²) in [6.45, 7) is 8.54. The molecule has 2 rings (SSSR count). The Morgan fingerprint density at radius 1 is 1.59 bits per heavy atom. The van der Waals surface area contributed by atoms with Crippen molar-refractivity contribution in [2.24, 2.45) is 0 Å². The van der Waals surface area contributed by atoms with Crippen LogP contribution in [0.25, 0.3) is 0 Å². The molecule has 0 spiro atoms. The monoisotopic (exact) mass is 254 g/mol. The Bertz CT molecular complexity index is 364. The molecular formula is C13H22N2OS. The van der Waals surface area contributed by atoms with E-state index in [1.807, 2.05) is 14.0 Å². The first-order valence-electron chi connectivity index (χ1n) is 6.25. The van der Waals surface area contributed by atoms with Gasteiger partial charge in [-0.25, -0.2) is 0 Å². The molecule has 4 heteroatoms. The summed E-state index contributed by atoms with van der Waals surface area (Å²) < 4.78 is 5.82. The molecule has 17 heavy (non-hydrogen) atoms. The maximum absolute atomic E-state index is 5.82. The minimum absolute atomic E-state index is 0.747. The Morgan fingerprint density at radius 3 is 3.12 bits per heavy atom. The van der Waals surface area contributed by atoms with Gasteiger partial charge in [0.05, 0.1) is 6.54 Å². The van der Waals surface area contributed by atoms with Crippen LogP contribution in [0.5, 0.6) is 0 Å². The Balaban J connectivity index is 1.95. The molecule has 2 heterocycles. The summed E-state index contributed by atoms with van der Waals surface area (Å²) in [7, 11) is 1.97. The van der Waals surface area contributed by atoms with Crippen molar-refractivity contribution in [3.8, 4) is 0 Å². The van der Waals surface area contributed by atoms with Crippen molar-refractivity contribution in [3.05, 3.63) is 23.2 Å². The average molecular weight is 254 g/mol. The molecule has 1 unspecified atom stereocenters. The van der Waals surface area contributed by atoms with Crippen LogP contribution in [0.3, 0.4) is 0 Å². The second-order valence-electron chi connectivity index (χ2n) is 4.74. The Hall–Kier alpha value is -0.450. The number of furan rings is 1. The van der Waals surface area contributed by atoms with Gasteiger partial charge in [-0.05, 0) is 20.0 Å². The SMILES string of the molecule is CNCc1cc(CN2CCSC(C)C2)oc1C. The summed E-state index contributed by atoms with van der Waals surface area (Å²) in [6.07, 6.45) is 0. The summed E-state index contributed by atoms with van der Waals surface area (Å²) in [5.74, 6) is 3.39. The molecule has 1 saturated heterocycles. The van der Waals surface area contributed by atoms with Gasteiger partial charge in [0.15, 0.2) is 0 Å². The smallest absolute Gasteiger partial charge is 0.118 e. The predicted octanol–water partition coefficient (Wildman–Crippen LogP) is 2.24. The topological polar surface area (TPSA) is 28.4 Å². The van der Waals surface area contributed by atoms with Crippen molar-refractivity contribution in [1.82, 2.24) is 10.2 Å². The fourth-order valence-corrected chi connectivity index (χ4v) is 3.37. The van der Waals surface area contributed by atoms with Gasteiger partial charge in [0, 0.05) is 36.2 Å². The van der Waals surface area contributed by atoms with E-state index in [0.29, 0.717) is 0 Å². The van der Waals surface area contributed by atoms with E-state index in [2.05, 4.69) is 35.0 Å². The van der Waals surface area contributed by atoms with Gasteiger partial charge in [-0.1, -0.05) is 6.92 Å². The van der Waals surface area contributed by atoms with Crippen LogP contribution in [0.2, 0.25) is 0 Å². The molecule has 3 nitrogen and oxygen atoms in total. The molecule has 1 aliphatic heterocycles. The van der Waals surface area contributed by atoms with Gasteiger partial charge in [-0.2, -0.15) is 11.8 Å². The zero-order valence-corrected chi connectivity index (χ0v) is 11.8. The van der Waals surface area contributed by atoms with Crippen LogP contribution in [-0.4, -0.2) is 36.0 Å². The first-order chi connectivity index (χ1) is 8.19. The number of aryl methyl sites for hydroxylation is 1. The van der Waals surface area contributed by atoms with Gasteiger partial charge in [-0.15, -0.1) is 0 Å². The molecule has 0 amide bonds. The van der Waals surface area contributed by atoms with E-state index in [1.165, 1.54) is 24.4 Å². The number of thioether (sulfide) groups is 1. The maximum Gasteiger partial charge on any atom is 0.118 e. The highest BCUT2D eigenvalue weighted by molar-refractivity contribution is 7.99. The number of hydrogen-bond acceptors (Lipinski definition) is 4. The van der Waals surface area contributed by atoms with E-state index in [0.717, 1.165) is 29.9 Å². The first kappa shape index (κ1) is 13.0. The minimum Gasteiger partial charge on any atom is -0.465 e. The quantitative estimate of drug-likeness (QED) is 0.892. The van der Waals surface area contributed by atoms with Crippen LogP contribution in [-0.2, 0) is 13.1 Å². The van der Waals surface area contributed by atoms with Gasteiger partial charge < -0.3 is 9.73 Å². The van der Waals surface area contributed by atoms with Crippen LogP contribution in [0.15, 0.2) is 10.5 Å². The lowest BCUT2D eigenvalue weighted by Gasteiger charge is -2.29. The molecule has 1 aliphatic rings. The Kier molecular flexibility index (Phi) is 4.54. The summed E-state index contributed by atoms with van der Waals surface area (Å²) in [6, 6.07) is 2.19. The molecule has 1 fully saturated rings. The van der Waals surface area contributed by atoms with Crippen LogP contribution in [0.1, 0.15) is 24.0 Å². The van der Waals surface area contributed by atoms with Gasteiger partial charge in [0.2, 0.25) is 0 Å². The van der Waals surface area contributed by atoms with E-state index < -0.39 is 0 Å². The summed E-state index contributed by atoms with van der Waals surface area (Å²) in [5.41, 5.74) is 1.28. The highest BCUT2D eigenvalue weighted by Gasteiger charge is 2.18. The van der Waals surface area contributed by atoms with Crippen LogP contribution < -0.4 is 5.32 Å². The molecule has 1 N–H and O–H groups in total. The molecule has 1 aromatic heterocycles. The fraction of sp³-hybridized carbons (Fsp3) is 0.692. The van der Waals surface area contributed by atoms with Crippen molar-refractivity contribution in [2.75, 3.05) is 25.9 Å². The highest BCUT2D eigenvalue weighted by Crippen LogP contribution is 2.21. The van der Waals surface area contributed by atoms with Crippen molar-refractivity contribution in [1.29, 1.82) is 0 Å². The molecule has 0 aromatic carbocycles. The summed E-state index contributed by atoms with van der Waals surface area (Å²) in [5, 5.41) is 3.92. The lowest BCUT2D eigenvalue weighted by atomic mass is 10.2. The van der Waals surface area contributed by atoms with E-state index in [4.69, 9.17) is 4.42 Å². The van der Waals surface area contributed by atoms with Crippen molar-refractivity contribution in [2.45, 2.75) is 32.2 Å². The molecular weight excluding hydrogens is 232 g/mol. The summed E-state index contributed by atoms with van der Waals surface area (Å²) >= 11 is 2.07. The van der Waals surface area contributed by atoms with Gasteiger partial charge in [-0.3, -0.25) is 4.90 Å². The molecule has 0 aliphatic carbocycles. The Labute approximate surface area is 108 Å². The van der Waals surface area contributed by atoms with Crippen molar-refractivity contribution < 1.29 is 4.42 Å². The Morgan fingerprint density at radius 2 is 2.41 bits per heavy atom. The van der Waals surface area contributed by atoms with Crippen LogP contribution in [0, 0.1) is 6.92 Å². The van der Waals surface area contributed by atoms with E-state index >= 15 is 0 Å². The third-order valence-corrected chi connectivity index (χ3v) is 4.28. The van der Waals surface area contributed by atoms with Crippen molar-refractivity contribution >= 4 is 11.8 Å². The maximum atomic E-state index is 5.82. The molecule has 1 atom stereocenters. The molecule has 0 saturated carbocycles. The fourth-order valence-electron chi connectivity index (χ4n) is 2.29. The standard InChI is InChI=1S/C13H22N2OS/c1-10-8-15(4-5-17-10)9-13-6-12(7-14-3)11(2)16-13/h6,10,14H,4-5,7-9H2,1-3H3. The number of nitrogens with one attached hydrogen (secondary N) is 1. The highest BCUT2D eigenvalue weighted by atomic mass is 32.2. The molecule has 96 valence electrons. The zero-order valence-electron chi connectivity index (χ0n) is 11.0. The second-order valence-corrected chi connectivity index (χ2v) is 6.29. The minimum atomic E-state index is 0.747. The average Bonchev–Trinajstić information content (AvgIpc) is 2.60. The zero-order chi connectivity index (χ0) is 12.3. The summed E-state index contributed by atoms with van der Waals surface area (Å²) in [4.78, 5) is 2.49. The van der Waals surface area contributed by atoms with Gasteiger partial charge >= 0.3 is 0 Å². The lowest BCUT2D eigenvalue weighted by molar-refractivity contribution is 0.253. The normalized spacial score (nSPS) is 21.9. The van der Waals surface area contributed by atoms with Crippen LogP contribution in [0.4, 0.5) is 0 Å². The number of hydrogen-bond donors (Lipinski definition) is 1. The van der Waals surface area contributed by atoms with Crippen LogP contribution >= 0.6 is 11.8 Å². The molecule has 0 bridgehead atoms. The number of nitrogens with zero attached hydrogens (tertiary/aromatic N) is 1. The molecule has 1 aromatic rings. The predicted molar refractivity (Wildman–Crippen MR) is 73.4 cm³/mol. The van der Waals surface area contributed by atoms with E-state index in [-0.39, 0.29) is 0 Å². The van der Waals surface area contributed by atoms with E-state index in [1.54, 1.807) is 0 Å². The molecule has 0 radical (unpaired) electrons. The first-order valence-corrected chi connectivity index (χ1v) is 7.30. The third kappa shape index (κ3) is 3.50. The largest absolute Gasteiger partial charge is 0.465 e. The van der Waals surface area contributed by atoms with E-state index in [9.17, 15) is 0 Å². The second kappa shape index (κ2) is 5.94.